The van der Waals surface area contributed by atoms with Gasteiger partial charge in [-0.3, -0.25) is 14.9 Å². The summed E-state index contributed by atoms with van der Waals surface area (Å²) in [5.41, 5.74) is 9.81. The van der Waals surface area contributed by atoms with Crippen molar-refractivity contribution in [2.24, 2.45) is 0 Å². The predicted octanol–water partition coefficient (Wildman–Crippen LogP) is 5.45. The number of hydrogen-bond donors (Lipinski definition) is 4. The Morgan fingerprint density at radius 2 is 1.61 bits per heavy atom. The fourth-order valence-electron chi connectivity index (χ4n) is 3.95. The minimum atomic E-state index is -0.488. The summed E-state index contributed by atoms with van der Waals surface area (Å²) < 4.78 is 0. The van der Waals surface area contributed by atoms with Gasteiger partial charge in [-0.1, -0.05) is 87.0 Å². The van der Waals surface area contributed by atoms with E-state index < -0.39 is 6.04 Å². The first-order chi connectivity index (χ1) is 17.5. The molecular formula is C30H36N4O2. The number of anilines is 2. The van der Waals surface area contributed by atoms with Gasteiger partial charge in [-0.2, -0.15) is 0 Å². The van der Waals surface area contributed by atoms with Crippen LogP contribution in [0.2, 0.25) is 0 Å². The van der Waals surface area contributed by atoms with E-state index in [0.717, 1.165) is 36.0 Å². The third-order valence-corrected chi connectivity index (χ3v) is 6.01. The molecule has 0 saturated carbocycles. The number of hydrogen-bond acceptors (Lipinski definition) is 4. The average molecular weight is 485 g/mol. The van der Waals surface area contributed by atoms with Crippen LogP contribution in [0.5, 0.6) is 0 Å². The summed E-state index contributed by atoms with van der Waals surface area (Å²) in [7, 11) is 0. The average Bonchev–Trinajstić information content (AvgIpc) is 2.90. The van der Waals surface area contributed by atoms with Crippen molar-refractivity contribution in [2.75, 3.05) is 11.1 Å². The Balaban J connectivity index is 1.70. The highest BCUT2D eigenvalue weighted by Crippen LogP contribution is 2.19. The normalized spacial score (nSPS) is 12.7. The molecule has 0 aliphatic rings. The van der Waals surface area contributed by atoms with E-state index in [1.165, 1.54) is 6.08 Å². The lowest BCUT2D eigenvalue weighted by molar-refractivity contribution is -0.124. The molecule has 2 atom stereocenters. The maximum absolute atomic E-state index is 13.3. The smallest absolute Gasteiger partial charge is 0.248 e. The molecule has 0 spiro atoms. The minimum Gasteiger partial charge on any atom is -0.397 e. The summed E-state index contributed by atoms with van der Waals surface area (Å²) in [6.45, 7) is 4.80. The summed E-state index contributed by atoms with van der Waals surface area (Å²) in [6, 6.07) is 24.5. The highest BCUT2D eigenvalue weighted by atomic mass is 16.2. The molecule has 0 aliphatic carbocycles. The molecular weight excluding hydrogens is 448 g/mol. The number of carbonyl (C=O) groups is 2. The van der Waals surface area contributed by atoms with Gasteiger partial charge in [0.15, 0.2) is 0 Å². The largest absolute Gasteiger partial charge is 0.397 e. The van der Waals surface area contributed by atoms with Crippen LogP contribution in [0.25, 0.3) is 6.08 Å². The topological polar surface area (TPSA) is 96.2 Å². The predicted molar refractivity (Wildman–Crippen MR) is 148 cm³/mol. The first kappa shape index (κ1) is 26.7. The molecule has 3 rings (SSSR count). The van der Waals surface area contributed by atoms with E-state index in [2.05, 4.69) is 29.8 Å². The van der Waals surface area contributed by atoms with Gasteiger partial charge < -0.3 is 16.4 Å². The molecule has 2 amide bonds. The third kappa shape index (κ3) is 8.10. The summed E-state index contributed by atoms with van der Waals surface area (Å²) in [6.07, 6.45) is 6.07. The Kier molecular flexibility index (Phi) is 10.3. The summed E-state index contributed by atoms with van der Waals surface area (Å²) in [4.78, 5) is 25.5. The van der Waals surface area contributed by atoms with E-state index in [0.29, 0.717) is 17.9 Å². The molecule has 0 aromatic heterocycles. The zero-order chi connectivity index (χ0) is 25.8. The van der Waals surface area contributed by atoms with Crippen molar-refractivity contribution in [1.29, 1.82) is 0 Å². The van der Waals surface area contributed by atoms with Gasteiger partial charge in [0.2, 0.25) is 11.8 Å². The van der Waals surface area contributed by atoms with E-state index in [1.807, 2.05) is 66.7 Å². The maximum atomic E-state index is 13.3. The number of para-hydroxylation sites is 2. The molecule has 0 saturated heterocycles. The SMILES string of the molecule is CCCC(CC)NC(=O)C(NCc1ccccc1)c1ccc(/C=C/C(=O)Nc2ccccc2N)cc1. The van der Waals surface area contributed by atoms with Gasteiger partial charge in [0.1, 0.15) is 6.04 Å². The van der Waals surface area contributed by atoms with Crippen LogP contribution < -0.4 is 21.7 Å². The number of nitrogens with one attached hydrogen (secondary N) is 3. The molecule has 5 N–H and O–H groups in total. The van der Waals surface area contributed by atoms with Gasteiger partial charge in [0, 0.05) is 18.7 Å². The summed E-state index contributed by atoms with van der Waals surface area (Å²) >= 11 is 0. The van der Waals surface area contributed by atoms with Crippen LogP contribution in [0.3, 0.4) is 0 Å². The number of carbonyl (C=O) groups excluding carboxylic acids is 2. The number of nitrogen functional groups attached to an aromatic ring is 1. The molecule has 6 nitrogen and oxygen atoms in total. The van der Waals surface area contributed by atoms with Crippen molar-refractivity contribution >= 4 is 29.3 Å². The second-order valence-electron chi connectivity index (χ2n) is 8.78. The van der Waals surface area contributed by atoms with Gasteiger partial charge in [0.25, 0.3) is 0 Å². The van der Waals surface area contributed by atoms with Gasteiger partial charge in [-0.05, 0) is 47.7 Å². The lowest BCUT2D eigenvalue weighted by atomic mass is 10.0. The molecule has 188 valence electrons. The molecule has 3 aromatic rings. The van der Waals surface area contributed by atoms with Crippen LogP contribution in [0.15, 0.2) is 84.9 Å². The molecule has 3 aromatic carbocycles. The van der Waals surface area contributed by atoms with E-state index in [4.69, 9.17) is 5.73 Å². The van der Waals surface area contributed by atoms with Gasteiger partial charge >= 0.3 is 0 Å². The second kappa shape index (κ2) is 13.9. The van der Waals surface area contributed by atoms with Crippen molar-refractivity contribution in [3.8, 4) is 0 Å². The van der Waals surface area contributed by atoms with E-state index in [-0.39, 0.29) is 17.9 Å². The minimum absolute atomic E-state index is 0.0330. The third-order valence-electron chi connectivity index (χ3n) is 6.01. The van der Waals surface area contributed by atoms with Crippen molar-refractivity contribution in [2.45, 2.75) is 51.7 Å². The van der Waals surface area contributed by atoms with Gasteiger partial charge in [0.05, 0.1) is 11.4 Å². The Labute approximate surface area is 214 Å². The highest BCUT2D eigenvalue weighted by Gasteiger charge is 2.22. The Hall–Kier alpha value is -3.90. The molecule has 36 heavy (non-hydrogen) atoms. The molecule has 0 bridgehead atoms. The van der Waals surface area contributed by atoms with Crippen LogP contribution in [-0.4, -0.2) is 17.9 Å². The van der Waals surface area contributed by atoms with Crippen LogP contribution in [-0.2, 0) is 16.1 Å². The molecule has 2 unspecified atom stereocenters. The number of nitrogens with two attached hydrogens (primary N) is 1. The Morgan fingerprint density at radius 3 is 2.28 bits per heavy atom. The Morgan fingerprint density at radius 1 is 0.917 bits per heavy atom. The standard InChI is InChI=1S/C30H36N4O2/c1-3-10-25(4-2)33-30(36)29(32-21-23-11-6-5-7-12-23)24-18-15-22(16-19-24)17-20-28(35)34-27-14-9-8-13-26(27)31/h5-9,11-20,25,29,32H,3-4,10,21,31H2,1-2H3,(H,33,36)(H,34,35)/b20-17+. The van der Waals surface area contributed by atoms with Crippen molar-refractivity contribution < 1.29 is 9.59 Å². The molecule has 0 radical (unpaired) electrons. The number of rotatable bonds is 12. The lowest BCUT2D eigenvalue weighted by Crippen LogP contribution is -2.42. The summed E-state index contributed by atoms with van der Waals surface area (Å²) in [5.74, 6) is -0.297. The number of amides is 2. The quantitative estimate of drug-likeness (QED) is 0.203. The van der Waals surface area contributed by atoms with Crippen LogP contribution in [0.4, 0.5) is 11.4 Å². The second-order valence-corrected chi connectivity index (χ2v) is 8.78. The highest BCUT2D eigenvalue weighted by molar-refractivity contribution is 6.03. The van der Waals surface area contributed by atoms with Crippen LogP contribution in [0.1, 0.15) is 55.8 Å². The molecule has 0 fully saturated rings. The van der Waals surface area contributed by atoms with Crippen LogP contribution in [0, 0.1) is 0 Å². The first-order valence-electron chi connectivity index (χ1n) is 12.5. The van der Waals surface area contributed by atoms with E-state index in [1.54, 1.807) is 18.2 Å². The zero-order valence-corrected chi connectivity index (χ0v) is 21.0. The fourth-order valence-corrected chi connectivity index (χ4v) is 3.95. The molecule has 6 heteroatoms. The molecule has 0 aliphatic heterocycles. The van der Waals surface area contributed by atoms with Crippen LogP contribution >= 0.6 is 0 Å². The Bertz CT molecular complexity index is 1140. The van der Waals surface area contributed by atoms with Crippen molar-refractivity contribution in [3.05, 3.63) is 102 Å². The van der Waals surface area contributed by atoms with E-state index >= 15 is 0 Å². The fraction of sp³-hybridized carbons (Fsp3) is 0.267. The zero-order valence-electron chi connectivity index (χ0n) is 21.0. The van der Waals surface area contributed by atoms with Gasteiger partial charge in [-0.25, -0.2) is 0 Å². The monoisotopic (exact) mass is 484 g/mol. The summed E-state index contributed by atoms with van der Waals surface area (Å²) in [5, 5.41) is 9.40. The van der Waals surface area contributed by atoms with Crippen molar-refractivity contribution in [1.82, 2.24) is 10.6 Å². The molecule has 0 heterocycles. The maximum Gasteiger partial charge on any atom is 0.248 e. The lowest BCUT2D eigenvalue weighted by Gasteiger charge is -2.23. The van der Waals surface area contributed by atoms with Gasteiger partial charge in [-0.15, -0.1) is 0 Å². The van der Waals surface area contributed by atoms with Crippen molar-refractivity contribution in [3.63, 3.8) is 0 Å². The first-order valence-corrected chi connectivity index (χ1v) is 12.5. The van der Waals surface area contributed by atoms with E-state index in [9.17, 15) is 9.59 Å². The number of benzene rings is 3.